The molecule has 0 saturated heterocycles. The standard InChI is InChI=1S/C71H47NO2/c1-73-55-38-36-54(37-39-55)72-64-40-34-50(48-22-16-24-52(42-48)70-60-30-12-8-26-56(60)68(46-18-4-2-5-19-46)57-27-9-13-31-61(57)70)44-66(64)74-67-45-51(35-41-65(67)72)49-23-17-25-53(43-49)71-62-32-14-10-28-58(62)69(47-20-6-3-7-21-47)59-29-11-15-33-63(59)71/h2-45H,1H3. The lowest BCUT2D eigenvalue weighted by Crippen LogP contribution is -2.16. The number of rotatable bonds is 8. The van der Waals surface area contributed by atoms with Crippen molar-refractivity contribution in [3.63, 3.8) is 0 Å². The highest BCUT2D eigenvalue weighted by Gasteiger charge is 2.28. The molecule has 1 heterocycles. The second-order valence-electron chi connectivity index (χ2n) is 19.1. The Labute approximate surface area is 430 Å². The molecule has 3 nitrogen and oxygen atoms in total. The SMILES string of the molecule is COc1ccc(N2c3ccc(-c4cccc(-c5c6ccccc6c(-c6ccccc6)c6ccccc56)c4)cc3Oc3cc(-c4cccc(-c5c6ccccc6c(-c6ccccc6)c6ccccc56)c4)ccc32)cc1. The number of fused-ring (bicyclic) bond motifs is 6. The molecule has 3 heteroatoms. The third kappa shape index (κ3) is 7.20. The van der Waals surface area contributed by atoms with E-state index in [9.17, 15) is 0 Å². The van der Waals surface area contributed by atoms with E-state index in [1.807, 2.05) is 12.1 Å². The third-order valence-corrected chi connectivity index (χ3v) is 14.9. The van der Waals surface area contributed by atoms with Gasteiger partial charge in [-0.3, -0.25) is 0 Å². The Balaban J connectivity index is 0.880. The van der Waals surface area contributed by atoms with E-state index in [1.165, 1.54) is 87.6 Å². The molecular formula is C71H47NO2. The van der Waals surface area contributed by atoms with Crippen LogP contribution in [0.2, 0.25) is 0 Å². The molecule has 0 saturated carbocycles. The zero-order chi connectivity index (χ0) is 49.1. The maximum absolute atomic E-state index is 7.10. The number of methoxy groups -OCH3 is 1. The maximum Gasteiger partial charge on any atom is 0.152 e. The summed E-state index contributed by atoms with van der Waals surface area (Å²) < 4.78 is 12.7. The predicted molar refractivity (Wildman–Crippen MR) is 310 cm³/mol. The molecular weight excluding hydrogens is 899 g/mol. The molecule has 74 heavy (non-hydrogen) atoms. The summed E-state index contributed by atoms with van der Waals surface area (Å²) in [5, 5.41) is 9.87. The molecule has 1 aliphatic rings. The highest BCUT2D eigenvalue weighted by Crippen LogP contribution is 2.53. The van der Waals surface area contributed by atoms with Crippen LogP contribution in [0.1, 0.15) is 0 Å². The minimum absolute atomic E-state index is 0.779. The summed E-state index contributed by atoms with van der Waals surface area (Å²) in [6.07, 6.45) is 0. The number of anilines is 3. The van der Waals surface area contributed by atoms with Crippen LogP contribution in [0.5, 0.6) is 17.2 Å². The number of ether oxygens (including phenoxy) is 2. The second-order valence-corrected chi connectivity index (χ2v) is 19.1. The van der Waals surface area contributed by atoms with Gasteiger partial charge in [0.2, 0.25) is 0 Å². The molecule has 348 valence electrons. The molecule has 0 amide bonds. The second kappa shape index (κ2) is 17.9. The Bertz CT molecular complexity index is 3940. The van der Waals surface area contributed by atoms with E-state index in [4.69, 9.17) is 9.47 Å². The molecule has 1 aliphatic heterocycles. The average molecular weight is 946 g/mol. The van der Waals surface area contributed by atoms with Crippen LogP contribution in [0.3, 0.4) is 0 Å². The molecule has 0 radical (unpaired) electrons. The van der Waals surface area contributed by atoms with E-state index in [0.29, 0.717) is 0 Å². The van der Waals surface area contributed by atoms with Crippen molar-refractivity contribution in [3.8, 4) is 84.0 Å². The quantitative estimate of drug-likeness (QED) is 0.142. The van der Waals surface area contributed by atoms with Crippen LogP contribution < -0.4 is 14.4 Å². The summed E-state index contributed by atoms with van der Waals surface area (Å²) in [6, 6.07) is 96.3. The topological polar surface area (TPSA) is 21.7 Å². The normalized spacial score (nSPS) is 11.9. The van der Waals surface area contributed by atoms with Crippen molar-refractivity contribution in [2.75, 3.05) is 12.0 Å². The zero-order valence-electron chi connectivity index (χ0n) is 40.7. The van der Waals surface area contributed by atoms with Crippen molar-refractivity contribution >= 4 is 60.2 Å². The molecule has 14 rings (SSSR count). The van der Waals surface area contributed by atoms with Crippen molar-refractivity contribution in [1.82, 2.24) is 0 Å². The average Bonchev–Trinajstić information content (AvgIpc) is 3.48. The molecule has 13 aromatic rings. The molecule has 0 unspecified atom stereocenters. The minimum atomic E-state index is 0.779. The van der Waals surface area contributed by atoms with Gasteiger partial charge in [0.05, 0.1) is 18.5 Å². The van der Waals surface area contributed by atoms with Gasteiger partial charge in [0, 0.05) is 5.69 Å². The van der Waals surface area contributed by atoms with E-state index in [0.717, 1.165) is 56.6 Å². The lowest BCUT2D eigenvalue weighted by atomic mass is 9.85. The summed E-state index contributed by atoms with van der Waals surface area (Å²) in [5.74, 6) is 2.36. The molecule has 0 bridgehead atoms. The lowest BCUT2D eigenvalue weighted by molar-refractivity contribution is 0.415. The maximum atomic E-state index is 7.10. The summed E-state index contributed by atoms with van der Waals surface area (Å²) >= 11 is 0. The zero-order valence-corrected chi connectivity index (χ0v) is 40.7. The van der Waals surface area contributed by atoms with E-state index < -0.39 is 0 Å². The van der Waals surface area contributed by atoms with Crippen molar-refractivity contribution < 1.29 is 9.47 Å². The van der Waals surface area contributed by atoms with Crippen LogP contribution in [0.25, 0.3) is 110 Å². The van der Waals surface area contributed by atoms with Gasteiger partial charge >= 0.3 is 0 Å². The Morgan fingerprint density at radius 3 is 0.946 bits per heavy atom. The predicted octanol–water partition coefficient (Wildman–Crippen LogP) is 19.9. The van der Waals surface area contributed by atoms with Crippen LogP contribution in [-0.2, 0) is 0 Å². The van der Waals surface area contributed by atoms with Crippen LogP contribution in [0, 0.1) is 0 Å². The Hall–Kier alpha value is -9.70. The molecule has 0 atom stereocenters. The summed E-state index contributed by atoms with van der Waals surface area (Å²) in [6.45, 7) is 0. The highest BCUT2D eigenvalue weighted by atomic mass is 16.5. The summed E-state index contributed by atoms with van der Waals surface area (Å²) in [5.41, 5.74) is 17.0. The third-order valence-electron chi connectivity index (χ3n) is 14.9. The first-order valence-corrected chi connectivity index (χ1v) is 25.3. The molecule has 0 fully saturated rings. The largest absolute Gasteiger partial charge is 0.497 e. The Morgan fingerprint density at radius 2 is 0.581 bits per heavy atom. The molecule has 13 aromatic carbocycles. The first-order valence-electron chi connectivity index (χ1n) is 25.3. The number of nitrogens with zero attached hydrogens (tertiary/aromatic N) is 1. The molecule has 0 aliphatic carbocycles. The first-order chi connectivity index (χ1) is 36.7. The van der Waals surface area contributed by atoms with Gasteiger partial charge in [-0.1, -0.05) is 206 Å². The van der Waals surface area contributed by atoms with Crippen LogP contribution in [0.4, 0.5) is 17.1 Å². The van der Waals surface area contributed by atoms with Gasteiger partial charge in [-0.2, -0.15) is 0 Å². The first kappa shape index (κ1) is 43.1. The van der Waals surface area contributed by atoms with Crippen molar-refractivity contribution in [3.05, 3.63) is 267 Å². The fourth-order valence-electron chi connectivity index (χ4n) is 11.6. The van der Waals surface area contributed by atoms with Crippen molar-refractivity contribution in [2.45, 2.75) is 0 Å². The fraction of sp³-hybridized carbons (Fsp3) is 0.0141. The Kier molecular flexibility index (Phi) is 10.4. The summed E-state index contributed by atoms with van der Waals surface area (Å²) in [7, 11) is 1.71. The highest BCUT2D eigenvalue weighted by molar-refractivity contribution is 6.23. The summed E-state index contributed by atoms with van der Waals surface area (Å²) in [4.78, 5) is 2.30. The van der Waals surface area contributed by atoms with E-state index in [2.05, 4.69) is 260 Å². The molecule has 0 N–H and O–H groups in total. The van der Waals surface area contributed by atoms with E-state index in [1.54, 1.807) is 7.11 Å². The van der Waals surface area contributed by atoms with Crippen molar-refractivity contribution in [2.24, 2.45) is 0 Å². The molecule has 0 spiro atoms. The monoisotopic (exact) mass is 945 g/mol. The van der Waals surface area contributed by atoms with Gasteiger partial charge in [-0.15, -0.1) is 0 Å². The number of hydrogen-bond donors (Lipinski definition) is 0. The van der Waals surface area contributed by atoms with Crippen LogP contribution in [-0.4, -0.2) is 7.11 Å². The van der Waals surface area contributed by atoms with Gasteiger partial charge in [0.1, 0.15) is 5.75 Å². The van der Waals surface area contributed by atoms with Crippen LogP contribution >= 0.6 is 0 Å². The van der Waals surface area contributed by atoms with E-state index in [-0.39, 0.29) is 0 Å². The smallest absolute Gasteiger partial charge is 0.152 e. The number of benzene rings is 13. The van der Waals surface area contributed by atoms with Gasteiger partial charge in [-0.25, -0.2) is 0 Å². The van der Waals surface area contributed by atoms with Gasteiger partial charge in [-0.05, 0) is 171 Å². The van der Waals surface area contributed by atoms with E-state index >= 15 is 0 Å². The molecule has 0 aromatic heterocycles. The minimum Gasteiger partial charge on any atom is -0.497 e. The number of hydrogen-bond acceptors (Lipinski definition) is 3. The van der Waals surface area contributed by atoms with Crippen molar-refractivity contribution in [1.29, 1.82) is 0 Å². The van der Waals surface area contributed by atoms with Gasteiger partial charge < -0.3 is 14.4 Å². The lowest BCUT2D eigenvalue weighted by Gasteiger charge is -2.33. The van der Waals surface area contributed by atoms with Gasteiger partial charge in [0.25, 0.3) is 0 Å². The van der Waals surface area contributed by atoms with Crippen LogP contribution in [0.15, 0.2) is 267 Å². The Morgan fingerprint density at radius 1 is 0.270 bits per heavy atom. The van der Waals surface area contributed by atoms with Gasteiger partial charge in [0.15, 0.2) is 11.5 Å². The fourth-order valence-corrected chi connectivity index (χ4v) is 11.6.